The molecule has 0 aliphatic carbocycles. The van der Waals surface area contributed by atoms with Gasteiger partial charge in [0.1, 0.15) is 0 Å². The highest BCUT2D eigenvalue weighted by molar-refractivity contribution is 5.77. The third-order valence-electron chi connectivity index (χ3n) is 1.42. The van der Waals surface area contributed by atoms with Gasteiger partial charge in [0.25, 0.3) is 5.56 Å². The summed E-state index contributed by atoms with van der Waals surface area (Å²) in [5.74, 6) is -0.252. The van der Waals surface area contributed by atoms with Crippen LogP contribution >= 0.6 is 0 Å². The number of rotatable bonds is 1. The Morgan fingerprint density at radius 1 is 1.29 bits per heavy atom. The maximum absolute atomic E-state index is 11.2. The number of isocyanates is 1. The minimum absolute atomic E-state index is 0.132. The number of hydrogen-bond donors (Lipinski definition) is 1. The summed E-state index contributed by atoms with van der Waals surface area (Å²) in [6.07, 6.45) is 1.20. The number of aliphatic imine (C=N–C) groups is 1. The summed E-state index contributed by atoms with van der Waals surface area (Å²) >= 11 is 0. The lowest BCUT2D eigenvalue weighted by molar-refractivity contribution is 0.256. The number of hydrogen-bond acceptors (Lipinski definition) is 5. The van der Waals surface area contributed by atoms with E-state index in [4.69, 9.17) is 0 Å². The molecule has 0 spiro atoms. The average molecular weight is 191 g/mol. The highest BCUT2D eigenvalue weighted by atomic mass is 16.2. The van der Waals surface area contributed by atoms with Crippen LogP contribution in [0.3, 0.4) is 0 Å². The monoisotopic (exact) mass is 191 g/mol. The molecule has 0 saturated heterocycles. The molecule has 1 aliphatic heterocycles. The summed E-state index contributed by atoms with van der Waals surface area (Å²) in [7, 11) is 0. The molecule has 0 atom stereocenters. The Morgan fingerprint density at radius 3 is 2.79 bits per heavy atom. The summed E-state index contributed by atoms with van der Waals surface area (Å²) in [5, 5.41) is -0.167. The van der Waals surface area contributed by atoms with E-state index in [1.54, 1.807) is 0 Å². The smallest absolute Gasteiger partial charge is 0.288 e. The predicted molar refractivity (Wildman–Crippen MR) is 40.3 cm³/mol. The molecule has 0 radical (unpaired) electrons. The molecule has 1 N–H and O–H groups in total. The molecule has 0 fully saturated rings. The van der Waals surface area contributed by atoms with Crippen LogP contribution in [-0.2, 0) is 4.79 Å². The molecule has 0 unspecified atom stereocenters. The van der Waals surface area contributed by atoms with Crippen molar-refractivity contribution in [3.05, 3.63) is 21.2 Å². The first-order valence-corrected chi connectivity index (χ1v) is 3.40. The van der Waals surface area contributed by atoms with Gasteiger partial charge in [-0.25, -0.2) is 9.59 Å². The van der Waals surface area contributed by atoms with E-state index in [2.05, 4.69) is 24.9 Å². The van der Waals surface area contributed by atoms with Crippen LogP contribution in [-0.4, -0.2) is 22.1 Å². The van der Waals surface area contributed by atoms with Gasteiger partial charge in [-0.15, -0.1) is 4.99 Å². The van der Waals surface area contributed by atoms with Gasteiger partial charge in [-0.2, -0.15) is 15.0 Å². The zero-order valence-electron chi connectivity index (χ0n) is 6.51. The second-order valence-electron chi connectivity index (χ2n) is 2.27. The maximum atomic E-state index is 11.2. The SMILES string of the molecule is O=C=Nc1nc2c(c(=O)[nH]1)=NC(=O)N=2. The van der Waals surface area contributed by atoms with E-state index in [1.807, 2.05) is 0 Å². The number of carbonyl (C=O) groups is 1. The molecule has 8 nitrogen and oxygen atoms in total. The fraction of sp³-hybridized carbons (Fsp3) is 0. The fourth-order valence-electron chi connectivity index (χ4n) is 0.930. The molecule has 1 aliphatic rings. The molecule has 0 aromatic carbocycles. The molecule has 2 amide bonds. The molecule has 14 heavy (non-hydrogen) atoms. The van der Waals surface area contributed by atoms with Gasteiger partial charge in [0.2, 0.25) is 12.0 Å². The van der Waals surface area contributed by atoms with Crippen LogP contribution in [0.25, 0.3) is 0 Å². The van der Waals surface area contributed by atoms with E-state index in [-0.39, 0.29) is 16.8 Å². The number of H-pyrrole nitrogens is 1. The van der Waals surface area contributed by atoms with Crippen LogP contribution < -0.4 is 16.4 Å². The average Bonchev–Trinajstić information content (AvgIpc) is 2.47. The van der Waals surface area contributed by atoms with Gasteiger partial charge in [0, 0.05) is 0 Å². The molecular weight excluding hydrogens is 190 g/mol. The molecule has 8 heteroatoms. The highest BCUT2D eigenvalue weighted by Gasteiger charge is 2.10. The van der Waals surface area contributed by atoms with E-state index in [1.165, 1.54) is 6.08 Å². The van der Waals surface area contributed by atoms with E-state index in [0.29, 0.717) is 0 Å². The Kier molecular flexibility index (Phi) is 1.62. The first-order valence-electron chi connectivity index (χ1n) is 3.40. The maximum Gasteiger partial charge on any atom is 0.370 e. The number of aromatic amines is 1. The quantitative estimate of drug-likeness (QED) is 0.412. The Bertz CT molecular complexity index is 636. The normalized spacial score (nSPS) is 12.4. The molecule has 0 bridgehead atoms. The zero-order chi connectivity index (χ0) is 10.1. The number of nitrogens with one attached hydrogen (secondary N) is 1. The molecule has 1 aromatic rings. The minimum Gasteiger partial charge on any atom is -0.288 e. The molecule has 1 aromatic heterocycles. The second-order valence-corrected chi connectivity index (χ2v) is 2.27. The number of fused-ring (bicyclic) bond motifs is 1. The van der Waals surface area contributed by atoms with Crippen molar-refractivity contribution in [1.29, 1.82) is 0 Å². The van der Waals surface area contributed by atoms with Crippen LogP contribution in [0, 0.1) is 0 Å². The Hall–Kier alpha value is -2.47. The van der Waals surface area contributed by atoms with Crippen molar-refractivity contribution in [3.8, 4) is 0 Å². The minimum atomic E-state index is -0.801. The van der Waals surface area contributed by atoms with Gasteiger partial charge >= 0.3 is 6.03 Å². The van der Waals surface area contributed by atoms with Crippen molar-refractivity contribution < 1.29 is 9.59 Å². The van der Waals surface area contributed by atoms with Gasteiger partial charge in [-0.3, -0.25) is 9.78 Å². The summed E-state index contributed by atoms with van der Waals surface area (Å²) < 4.78 is 0. The van der Waals surface area contributed by atoms with E-state index >= 15 is 0 Å². The van der Waals surface area contributed by atoms with Gasteiger partial charge < -0.3 is 0 Å². The van der Waals surface area contributed by atoms with E-state index < -0.39 is 11.6 Å². The van der Waals surface area contributed by atoms with Crippen molar-refractivity contribution in [2.45, 2.75) is 0 Å². The van der Waals surface area contributed by atoms with Crippen molar-refractivity contribution in [1.82, 2.24) is 9.97 Å². The van der Waals surface area contributed by atoms with Gasteiger partial charge in [0.05, 0.1) is 0 Å². The van der Waals surface area contributed by atoms with Gasteiger partial charge in [-0.1, -0.05) is 0 Å². The fourth-order valence-corrected chi connectivity index (χ4v) is 0.930. The number of urea groups is 1. The van der Waals surface area contributed by atoms with Crippen molar-refractivity contribution in [3.63, 3.8) is 0 Å². The third kappa shape index (κ3) is 1.15. The number of amides is 2. The molecular formula is C6HN5O3. The van der Waals surface area contributed by atoms with Crippen LogP contribution in [0.5, 0.6) is 0 Å². The van der Waals surface area contributed by atoms with Gasteiger partial charge in [0.15, 0.2) is 10.8 Å². The van der Waals surface area contributed by atoms with Crippen LogP contribution in [0.15, 0.2) is 19.8 Å². The van der Waals surface area contributed by atoms with Crippen molar-refractivity contribution in [2.24, 2.45) is 15.0 Å². The van der Waals surface area contributed by atoms with Crippen molar-refractivity contribution >= 4 is 18.1 Å². The van der Waals surface area contributed by atoms with E-state index in [0.717, 1.165) is 0 Å². The predicted octanol–water partition coefficient (Wildman–Crippen LogP) is -1.89. The van der Waals surface area contributed by atoms with Crippen LogP contribution in [0.2, 0.25) is 0 Å². The summed E-state index contributed by atoms with van der Waals surface area (Å²) in [4.78, 5) is 47.2. The lowest BCUT2D eigenvalue weighted by atomic mass is 10.6. The topological polar surface area (TPSA) is 117 Å². The van der Waals surface area contributed by atoms with Crippen LogP contribution in [0.4, 0.5) is 10.7 Å². The summed E-state index contributed by atoms with van der Waals surface area (Å²) in [6, 6.07) is -0.801. The zero-order valence-corrected chi connectivity index (χ0v) is 6.51. The first kappa shape index (κ1) is 8.14. The molecule has 2 heterocycles. The van der Waals surface area contributed by atoms with E-state index in [9.17, 15) is 14.4 Å². The van der Waals surface area contributed by atoms with Crippen molar-refractivity contribution in [2.75, 3.05) is 0 Å². The van der Waals surface area contributed by atoms with Gasteiger partial charge in [-0.05, 0) is 0 Å². The number of aromatic nitrogens is 2. The lowest BCUT2D eigenvalue weighted by Gasteiger charge is -1.85. The second kappa shape index (κ2) is 2.79. The van der Waals surface area contributed by atoms with Crippen LogP contribution in [0.1, 0.15) is 0 Å². The molecule has 68 valence electrons. The first-order chi connectivity index (χ1) is 6.70. The third-order valence-corrected chi connectivity index (χ3v) is 1.42. The molecule has 2 rings (SSSR count). The number of carbonyl (C=O) groups excluding carboxylic acids is 2. The Balaban J connectivity index is 2.89. The lowest BCUT2D eigenvalue weighted by Crippen LogP contribution is -2.40. The summed E-state index contributed by atoms with van der Waals surface area (Å²) in [6.45, 7) is 0. The number of nitrogens with zero attached hydrogens (tertiary/aromatic N) is 4. The molecule has 0 saturated carbocycles. The summed E-state index contributed by atoms with van der Waals surface area (Å²) in [5.41, 5.74) is -0.800. The Morgan fingerprint density at radius 2 is 2.07 bits per heavy atom. The Labute approximate surface area is 74.8 Å². The largest absolute Gasteiger partial charge is 0.370 e. The highest BCUT2D eigenvalue weighted by Crippen LogP contribution is 1.91. The standard InChI is InChI=1S/C6HN5O3/c12-1-7-5-9-3-2(4(13)11-5)8-6(14)10-3/h(H,9,10,11,13,14).